The van der Waals surface area contributed by atoms with Gasteiger partial charge < -0.3 is 20.1 Å². The van der Waals surface area contributed by atoms with Gasteiger partial charge in [0.05, 0.1) is 23.8 Å². The number of carbonyl (C=O) groups is 4. The maximum absolute atomic E-state index is 12.9. The minimum absolute atomic E-state index is 0.0217. The number of carbonyl (C=O) groups excluding carboxylic acids is 3. The number of aromatic nitrogens is 5. The Morgan fingerprint density at radius 2 is 2.08 bits per heavy atom. The lowest BCUT2D eigenvalue weighted by Gasteiger charge is -2.50. The fraction of sp³-hybridized carbons (Fsp3) is 0.333. The molecule has 1 fully saturated rings. The minimum Gasteiger partial charge on any atom is -0.479 e. The lowest BCUT2D eigenvalue weighted by atomic mass is 9.98. The molecule has 39 heavy (non-hydrogen) atoms. The van der Waals surface area contributed by atoms with Gasteiger partial charge in [-0.25, -0.2) is 23.8 Å². The lowest BCUT2D eigenvalue weighted by Crippen LogP contribution is -2.76. The Kier molecular flexibility index (Phi) is 7.28. The number of aryl methyl sites for hydroxylation is 1. The summed E-state index contributed by atoms with van der Waals surface area (Å²) in [6.45, 7) is -0.554. The number of carboxylic acid groups (broad SMARTS) is 1. The molecule has 18 heteroatoms. The standard InChI is InChI=1S/C21H18ClN7O8S2/c22-3-4-28-21(35)27-9-23-13(16(27)25-26-28)20(34)37-7-10-8-39(36)18-14(17(31)29(18)15(10)19(32)33)24-12(30)6-11-2-1-5-38-11/h1-2,5,8-9,14-15,18H,3-4,6-7H2,(H,24,30)(H,32,33)/t14-,15?,18-,39?/m1/s1. The number of carboxylic acids is 1. The smallest absolute Gasteiger partial charge is 0.361 e. The summed E-state index contributed by atoms with van der Waals surface area (Å²) in [7, 11) is -1.90. The van der Waals surface area contributed by atoms with Crippen molar-refractivity contribution in [2.75, 3.05) is 12.5 Å². The molecular formula is C21H18ClN7O8S2. The van der Waals surface area contributed by atoms with Gasteiger partial charge in [-0.2, -0.15) is 4.68 Å². The highest BCUT2D eigenvalue weighted by molar-refractivity contribution is 7.88. The molecule has 5 rings (SSSR count). The van der Waals surface area contributed by atoms with Gasteiger partial charge in [0.2, 0.25) is 11.8 Å². The molecule has 2 unspecified atom stereocenters. The van der Waals surface area contributed by atoms with Crippen LogP contribution in [0.15, 0.2) is 39.6 Å². The van der Waals surface area contributed by atoms with E-state index in [1.807, 2.05) is 0 Å². The Morgan fingerprint density at radius 3 is 2.77 bits per heavy atom. The molecule has 0 radical (unpaired) electrons. The summed E-state index contributed by atoms with van der Waals surface area (Å²) in [6, 6.07) is 0.807. The minimum atomic E-state index is -1.90. The van der Waals surface area contributed by atoms with Gasteiger partial charge in [0.1, 0.15) is 24.3 Å². The summed E-state index contributed by atoms with van der Waals surface area (Å²) >= 11 is 6.99. The van der Waals surface area contributed by atoms with Crippen LogP contribution < -0.4 is 11.0 Å². The van der Waals surface area contributed by atoms with Gasteiger partial charge in [-0.05, 0) is 11.4 Å². The van der Waals surface area contributed by atoms with Crippen molar-refractivity contribution in [3.8, 4) is 0 Å². The second-order valence-corrected chi connectivity index (χ2v) is 11.1. The highest BCUT2D eigenvalue weighted by Crippen LogP contribution is 2.34. The molecule has 3 aromatic heterocycles. The largest absolute Gasteiger partial charge is 0.479 e. The zero-order chi connectivity index (χ0) is 27.8. The van der Waals surface area contributed by atoms with Crippen LogP contribution in [0.2, 0.25) is 0 Å². The van der Waals surface area contributed by atoms with E-state index in [-0.39, 0.29) is 35.8 Å². The monoisotopic (exact) mass is 595 g/mol. The molecule has 2 amide bonds. The maximum atomic E-state index is 12.9. The fourth-order valence-electron chi connectivity index (χ4n) is 4.21. The number of nitrogens with zero attached hydrogens (tertiary/aromatic N) is 6. The summed E-state index contributed by atoms with van der Waals surface area (Å²) in [4.78, 5) is 67.9. The molecule has 15 nitrogen and oxygen atoms in total. The van der Waals surface area contributed by atoms with Crippen molar-refractivity contribution in [1.82, 2.24) is 34.6 Å². The average molecular weight is 596 g/mol. The summed E-state index contributed by atoms with van der Waals surface area (Å²) in [5, 5.41) is 21.7. The first-order valence-corrected chi connectivity index (χ1v) is 13.9. The molecule has 0 aromatic carbocycles. The van der Waals surface area contributed by atoms with Crippen molar-refractivity contribution in [3.63, 3.8) is 0 Å². The van der Waals surface area contributed by atoms with Crippen LogP contribution >= 0.6 is 22.9 Å². The molecule has 2 aliphatic rings. The molecular weight excluding hydrogens is 578 g/mol. The summed E-state index contributed by atoms with van der Waals surface area (Å²) < 4.78 is 20.1. The summed E-state index contributed by atoms with van der Waals surface area (Å²) in [5.41, 5.74) is -1.29. The third kappa shape index (κ3) is 4.83. The van der Waals surface area contributed by atoms with E-state index in [2.05, 4.69) is 20.6 Å². The number of thiophene rings is 1. The van der Waals surface area contributed by atoms with Gasteiger partial charge in [0.15, 0.2) is 17.4 Å². The predicted molar refractivity (Wildman–Crippen MR) is 134 cm³/mol. The first kappa shape index (κ1) is 26.6. The van der Waals surface area contributed by atoms with E-state index >= 15 is 0 Å². The Bertz CT molecular complexity index is 1600. The van der Waals surface area contributed by atoms with Gasteiger partial charge in [0.25, 0.3) is 0 Å². The second kappa shape index (κ2) is 10.7. The third-order valence-corrected chi connectivity index (χ3v) is 8.51. The Labute approximate surface area is 229 Å². The topological polar surface area (TPSA) is 195 Å². The third-order valence-electron chi connectivity index (χ3n) is 5.96. The van der Waals surface area contributed by atoms with E-state index in [1.54, 1.807) is 17.5 Å². The van der Waals surface area contributed by atoms with Crippen LogP contribution in [0.1, 0.15) is 15.4 Å². The zero-order valence-corrected chi connectivity index (χ0v) is 22.0. The number of amides is 2. The van der Waals surface area contributed by atoms with Crippen molar-refractivity contribution in [2.24, 2.45) is 0 Å². The number of β-lactam (4-membered cyclic amide) rings is 1. The number of rotatable bonds is 9. The second-order valence-electron chi connectivity index (χ2n) is 8.35. The number of esters is 1. The maximum Gasteiger partial charge on any atom is 0.361 e. The number of alkyl halides is 1. The normalized spacial score (nSPS) is 22.1. The number of hydrogen-bond donors (Lipinski definition) is 2. The Hall–Kier alpha value is -3.96. The molecule has 2 N–H and O–H groups in total. The van der Waals surface area contributed by atoms with Crippen molar-refractivity contribution in [1.29, 1.82) is 0 Å². The number of fused-ring (bicyclic) bond motifs is 2. The van der Waals surface area contributed by atoms with E-state index in [1.165, 1.54) is 11.3 Å². The molecule has 4 atom stereocenters. The van der Waals surface area contributed by atoms with Gasteiger partial charge in [-0.15, -0.1) is 28.0 Å². The molecule has 2 aliphatic heterocycles. The van der Waals surface area contributed by atoms with Crippen molar-refractivity contribution in [2.45, 2.75) is 30.4 Å². The van der Waals surface area contributed by atoms with Crippen LogP contribution in [0.25, 0.3) is 5.65 Å². The zero-order valence-electron chi connectivity index (χ0n) is 19.6. The number of ether oxygens (including phenoxy) is 1. The fourth-order valence-corrected chi connectivity index (χ4v) is 6.61. The van der Waals surface area contributed by atoms with Crippen molar-refractivity contribution in [3.05, 3.63) is 55.9 Å². The van der Waals surface area contributed by atoms with Gasteiger partial charge in [0, 0.05) is 21.7 Å². The summed E-state index contributed by atoms with van der Waals surface area (Å²) in [5.74, 6) is -3.57. The van der Waals surface area contributed by atoms with Gasteiger partial charge in [-0.1, -0.05) is 11.3 Å². The lowest BCUT2D eigenvalue weighted by molar-refractivity contribution is -0.160. The Morgan fingerprint density at radius 1 is 1.28 bits per heavy atom. The van der Waals surface area contributed by atoms with E-state index in [4.69, 9.17) is 16.3 Å². The van der Waals surface area contributed by atoms with E-state index in [9.17, 15) is 33.3 Å². The molecule has 1 saturated heterocycles. The van der Waals surface area contributed by atoms with E-state index in [0.29, 0.717) is 0 Å². The van der Waals surface area contributed by atoms with Gasteiger partial charge >= 0.3 is 17.6 Å². The number of nitrogens with one attached hydrogen (secondary N) is 1. The summed E-state index contributed by atoms with van der Waals surface area (Å²) in [6.07, 6.45) is 1.08. The highest BCUT2D eigenvalue weighted by atomic mass is 35.5. The highest BCUT2D eigenvalue weighted by Gasteiger charge is 2.58. The van der Waals surface area contributed by atoms with Crippen molar-refractivity contribution >= 4 is 63.1 Å². The van der Waals surface area contributed by atoms with Crippen LogP contribution in [-0.4, -0.2) is 92.3 Å². The van der Waals surface area contributed by atoms with Crippen LogP contribution in [0.4, 0.5) is 0 Å². The van der Waals surface area contributed by atoms with Crippen LogP contribution in [0.5, 0.6) is 0 Å². The SMILES string of the molecule is O=C(Cc1cccs1)N[C@@H]1C(=O)N2C(C(=O)O)C(COC(=O)c3ncn4c(=O)n(CCCl)nnc34)=CS(=O)[C@H]12. The molecule has 3 aromatic rings. The van der Waals surface area contributed by atoms with Crippen LogP contribution in [0.3, 0.4) is 0 Å². The van der Waals surface area contributed by atoms with Gasteiger partial charge in [-0.3, -0.25) is 13.8 Å². The van der Waals surface area contributed by atoms with Crippen LogP contribution in [-0.2, 0) is 42.9 Å². The van der Waals surface area contributed by atoms with E-state index < -0.39 is 64.3 Å². The van der Waals surface area contributed by atoms with Crippen molar-refractivity contribution < 1.29 is 33.2 Å². The van der Waals surface area contributed by atoms with Crippen LogP contribution in [0, 0.1) is 0 Å². The number of halogens is 1. The quantitative estimate of drug-likeness (QED) is 0.170. The molecule has 204 valence electrons. The molecule has 0 aliphatic carbocycles. The number of hydrogen-bond acceptors (Lipinski definition) is 11. The molecule has 0 bridgehead atoms. The molecule has 0 spiro atoms. The first-order valence-electron chi connectivity index (χ1n) is 11.2. The molecule has 5 heterocycles. The molecule has 0 saturated carbocycles. The van der Waals surface area contributed by atoms with E-state index in [0.717, 1.165) is 30.6 Å². The Balaban J connectivity index is 1.30. The average Bonchev–Trinajstić information content (AvgIpc) is 3.57. The first-order chi connectivity index (χ1) is 18.7. The number of aliphatic carboxylic acids is 1. The predicted octanol–water partition coefficient (Wildman–Crippen LogP) is -1.26. The number of imidazole rings is 1.